The average molecular weight is 214 g/mol. The van der Waals surface area contributed by atoms with Crippen molar-refractivity contribution in [2.45, 2.75) is 12.8 Å². The highest BCUT2D eigenvalue weighted by Crippen LogP contribution is 2.28. The summed E-state index contributed by atoms with van der Waals surface area (Å²) < 4.78 is 0. The Balaban J connectivity index is 2.15. The van der Waals surface area contributed by atoms with E-state index in [1.165, 1.54) is 18.5 Å². The van der Waals surface area contributed by atoms with Crippen LogP contribution in [-0.2, 0) is 0 Å². The molecule has 1 aromatic carbocycles. The van der Waals surface area contributed by atoms with E-state index in [9.17, 15) is 4.79 Å². The molecule has 2 aromatic rings. The van der Waals surface area contributed by atoms with E-state index in [0.717, 1.165) is 30.3 Å². The number of H-pyrrole nitrogens is 1. The van der Waals surface area contributed by atoms with E-state index in [1.54, 1.807) is 0 Å². The number of hydrogen-bond acceptors (Lipinski definition) is 2. The number of anilines is 1. The number of nitrogens with zero attached hydrogens (tertiary/aromatic N) is 1. The van der Waals surface area contributed by atoms with E-state index in [2.05, 4.69) is 22.0 Å². The number of hydrogen-bond donors (Lipinski definition) is 1. The zero-order valence-electron chi connectivity index (χ0n) is 9.07. The molecule has 16 heavy (non-hydrogen) atoms. The molecule has 3 rings (SSSR count). The topological polar surface area (TPSA) is 36.1 Å². The lowest BCUT2D eigenvalue weighted by molar-refractivity contribution is 0.112. The van der Waals surface area contributed by atoms with Gasteiger partial charge in [0.1, 0.15) is 0 Å². The van der Waals surface area contributed by atoms with E-state index < -0.39 is 0 Å². The van der Waals surface area contributed by atoms with Gasteiger partial charge in [-0.3, -0.25) is 4.79 Å². The van der Waals surface area contributed by atoms with E-state index in [1.807, 2.05) is 12.1 Å². The highest BCUT2D eigenvalue weighted by molar-refractivity contribution is 5.95. The van der Waals surface area contributed by atoms with Gasteiger partial charge in [-0.25, -0.2) is 0 Å². The monoisotopic (exact) mass is 214 g/mol. The summed E-state index contributed by atoms with van der Waals surface area (Å²) in [5, 5.41) is 1.12. The molecule has 0 spiro atoms. The zero-order chi connectivity index (χ0) is 11.0. The maximum Gasteiger partial charge on any atom is 0.166 e. The molecule has 1 saturated heterocycles. The van der Waals surface area contributed by atoms with Crippen LogP contribution in [0.1, 0.15) is 23.3 Å². The number of para-hydroxylation sites is 1. The van der Waals surface area contributed by atoms with E-state index in [-0.39, 0.29) is 0 Å². The van der Waals surface area contributed by atoms with Gasteiger partial charge in [0.25, 0.3) is 0 Å². The number of carbonyl (C=O) groups excluding carboxylic acids is 1. The smallest absolute Gasteiger partial charge is 0.166 e. The molecule has 1 fully saturated rings. The molecule has 0 atom stereocenters. The molecular weight excluding hydrogens is 200 g/mol. The SMILES string of the molecule is O=Cc1cc2cccc(N3CCCC3)c2[nH]1. The Hall–Kier alpha value is -1.77. The Morgan fingerprint density at radius 3 is 2.81 bits per heavy atom. The first-order chi connectivity index (χ1) is 7.88. The molecule has 1 aromatic heterocycles. The molecule has 0 aliphatic carbocycles. The largest absolute Gasteiger partial charge is 0.370 e. The highest BCUT2D eigenvalue weighted by atomic mass is 16.1. The van der Waals surface area contributed by atoms with Gasteiger partial charge >= 0.3 is 0 Å². The van der Waals surface area contributed by atoms with Gasteiger partial charge in [-0.15, -0.1) is 0 Å². The molecule has 0 amide bonds. The molecule has 3 heteroatoms. The number of fused-ring (bicyclic) bond motifs is 1. The van der Waals surface area contributed by atoms with Crippen LogP contribution in [0.5, 0.6) is 0 Å². The van der Waals surface area contributed by atoms with Crippen molar-refractivity contribution in [3.63, 3.8) is 0 Å². The van der Waals surface area contributed by atoms with E-state index in [4.69, 9.17) is 0 Å². The molecule has 0 radical (unpaired) electrons. The third-order valence-electron chi connectivity index (χ3n) is 3.23. The van der Waals surface area contributed by atoms with Crippen molar-refractivity contribution in [3.05, 3.63) is 30.0 Å². The molecule has 0 unspecified atom stereocenters. The van der Waals surface area contributed by atoms with Crippen LogP contribution in [0.4, 0.5) is 5.69 Å². The Morgan fingerprint density at radius 1 is 1.25 bits per heavy atom. The summed E-state index contributed by atoms with van der Waals surface area (Å²) in [5.41, 5.74) is 2.97. The molecule has 3 nitrogen and oxygen atoms in total. The van der Waals surface area contributed by atoms with Crippen molar-refractivity contribution in [2.75, 3.05) is 18.0 Å². The van der Waals surface area contributed by atoms with Gasteiger partial charge in [-0.1, -0.05) is 12.1 Å². The second-order valence-electron chi connectivity index (χ2n) is 4.28. The fraction of sp³-hybridized carbons (Fsp3) is 0.308. The van der Waals surface area contributed by atoms with Crippen LogP contribution in [0.3, 0.4) is 0 Å². The quantitative estimate of drug-likeness (QED) is 0.780. The normalized spacial score (nSPS) is 15.9. The van der Waals surface area contributed by atoms with Crippen molar-refractivity contribution >= 4 is 22.9 Å². The molecular formula is C13H14N2O. The van der Waals surface area contributed by atoms with Gasteiger partial charge in [0.2, 0.25) is 0 Å². The standard InChI is InChI=1S/C13H14N2O/c16-9-11-8-10-4-3-5-12(13(10)14-11)15-6-1-2-7-15/h3-5,8-9,14H,1-2,6-7H2. The lowest BCUT2D eigenvalue weighted by Gasteiger charge is -2.18. The van der Waals surface area contributed by atoms with Crippen molar-refractivity contribution in [2.24, 2.45) is 0 Å². The second-order valence-corrected chi connectivity index (χ2v) is 4.28. The van der Waals surface area contributed by atoms with Crippen molar-refractivity contribution in [1.82, 2.24) is 4.98 Å². The molecule has 2 heterocycles. The van der Waals surface area contributed by atoms with Crippen LogP contribution in [0.15, 0.2) is 24.3 Å². The molecule has 82 valence electrons. The van der Waals surface area contributed by atoms with Crippen LogP contribution in [0.25, 0.3) is 10.9 Å². The average Bonchev–Trinajstić information content (AvgIpc) is 2.97. The minimum Gasteiger partial charge on any atom is -0.370 e. The highest BCUT2D eigenvalue weighted by Gasteiger charge is 2.15. The van der Waals surface area contributed by atoms with Crippen molar-refractivity contribution in [3.8, 4) is 0 Å². The number of nitrogens with one attached hydrogen (secondary N) is 1. The van der Waals surface area contributed by atoms with Gasteiger partial charge in [-0.2, -0.15) is 0 Å². The zero-order valence-corrected chi connectivity index (χ0v) is 9.07. The fourth-order valence-corrected chi connectivity index (χ4v) is 2.45. The number of aromatic nitrogens is 1. The van der Waals surface area contributed by atoms with Crippen LogP contribution >= 0.6 is 0 Å². The van der Waals surface area contributed by atoms with Gasteiger partial charge < -0.3 is 9.88 Å². The summed E-state index contributed by atoms with van der Waals surface area (Å²) in [5.74, 6) is 0. The van der Waals surface area contributed by atoms with E-state index >= 15 is 0 Å². The molecule has 0 saturated carbocycles. The third-order valence-corrected chi connectivity index (χ3v) is 3.23. The van der Waals surface area contributed by atoms with Crippen molar-refractivity contribution in [1.29, 1.82) is 0 Å². The van der Waals surface area contributed by atoms with E-state index in [0.29, 0.717) is 5.69 Å². The Morgan fingerprint density at radius 2 is 2.06 bits per heavy atom. The van der Waals surface area contributed by atoms with Gasteiger partial charge in [-0.05, 0) is 25.0 Å². The number of aldehydes is 1. The van der Waals surface area contributed by atoms with Gasteiger partial charge in [0.15, 0.2) is 6.29 Å². The third kappa shape index (κ3) is 1.40. The van der Waals surface area contributed by atoms with Gasteiger partial charge in [0.05, 0.1) is 16.9 Å². The maximum atomic E-state index is 10.8. The number of benzene rings is 1. The Labute approximate surface area is 94.1 Å². The Bertz CT molecular complexity index is 524. The number of rotatable bonds is 2. The summed E-state index contributed by atoms with van der Waals surface area (Å²) >= 11 is 0. The maximum absolute atomic E-state index is 10.8. The summed E-state index contributed by atoms with van der Waals surface area (Å²) in [6.45, 7) is 2.24. The number of carbonyl (C=O) groups is 1. The fourth-order valence-electron chi connectivity index (χ4n) is 2.45. The summed E-state index contributed by atoms with van der Waals surface area (Å²) in [4.78, 5) is 16.3. The predicted octanol–water partition coefficient (Wildman–Crippen LogP) is 2.58. The summed E-state index contributed by atoms with van der Waals surface area (Å²) in [7, 11) is 0. The van der Waals surface area contributed by atoms with Gasteiger partial charge in [0, 0.05) is 18.5 Å². The first-order valence-corrected chi connectivity index (χ1v) is 5.70. The van der Waals surface area contributed by atoms with Crippen LogP contribution in [-0.4, -0.2) is 24.4 Å². The minimum absolute atomic E-state index is 0.654. The molecule has 1 aliphatic rings. The summed E-state index contributed by atoms with van der Waals surface area (Å²) in [6.07, 6.45) is 3.39. The van der Waals surface area contributed by atoms with Crippen LogP contribution in [0.2, 0.25) is 0 Å². The first-order valence-electron chi connectivity index (χ1n) is 5.70. The Kier molecular flexibility index (Phi) is 2.17. The minimum atomic E-state index is 0.654. The number of aromatic amines is 1. The lowest BCUT2D eigenvalue weighted by Crippen LogP contribution is -2.17. The molecule has 1 aliphatic heterocycles. The van der Waals surface area contributed by atoms with Crippen LogP contribution in [0, 0.1) is 0 Å². The summed E-state index contributed by atoms with van der Waals surface area (Å²) in [6, 6.07) is 8.12. The lowest BCUT2D eigenvalue weighted by atomic mass is 10.2. The van der Waals surface area contributed by atoms with Crippen LogP contribution < -0.4 is 4.90 Å². The first kappa shape index (κ1) is 9.46. The molecule has 1 N–H and O–H groups in total. The predicted molar refractivity (Wildman–Crippen MR) is 65.1 cm³/mol. The van der Waals surface area contributed by atoms with Crippen molar-refractivity contribution < 1.29 is 4.79 Å². The second kappa shape index (κ2) is 3.67. The molecule has 0 bridgehead atoms.